The van der Waals surface area contributed by atoms with Crippen molar-refractivity contribution < 1.29 is 19.0 Å². The van der Waals surface area contributed by atoms with Gasteiger partial charge in [-0.15, -0.1) is 11.3 Å². The minimum atomic E-state index is -0.507. The molecule has 2 aromatic carbocycles. The molecular weight excluding hydrogens is 410 g/mol. The van der Waals surface area contributed by atoms with Crippen LogP contribution in [0.4, 0.5) is 0 Å². The van der Waals surface area contributed by atoms with E-state index in [-0.39, 0.29) is 5.70 Å². The second kappa shape index (κ2) is 8.51. The highest BCUT2D eigenvalue weighted by molar-refractivity contribution is 7.12. The van der Waals surface area contributed by atoms with Crippen LogP contribution >= 0.6 is 22.9 Å². The van der Waals surface area contributed by atoms with Crippen LogP contribution in [0.25, 0.3) is 6.08 Å². The summed E-state index contributed by atoms with van der Waals surface area (Å²) in [5.41, 5.74) is 1.87. The summed E-state index contributed by atoms with van der Waals surface area (Å²) in [6.07, 6.45) is 1.61. The lowest BCUT2D eigenvalue weighted by Crippen LogP contribution is -2.03. The summed E-state index contributed by atoms with van der Waals surface area (Å²) < 4.78 is 16.6. The summed E-state index contributed by atoms with van der Waals surface area (Å²) in [6.45, 7) is 0.359. The molecule has 146 valence electrons. The molecule has 0 N–H and O–H groups in total. The second-order valence-electron chi connectivity index (χ2n) is 6.12. The van der Waals surface area contributed by atoms with Gasteiger partial charge in [0.25, 0.3) is 0 Å². The normalized spacial score (nSPS) is 14.6. The molecule has 0 aliphatic carbocycles. The fourth-order valence-electron chi connectivity index (χ4n) is 2.77. The largest absolute Gasteiger partial charge is 0.493 e. The predicted molar refractivity (Wildman–Crippen MR) is 114 cm³/mol. The summed E-state index contributed by atoms with van der Waals surface area (Å²) in [7, 11) is 1.54. The van der Waals surface area contributed by atoms with Gasteiger partial charge in [-0.05, 0) is 40.8 Å². The molecule has 0 saturated carbocycles. The van der Waals surface area contributed by atoms with Crippen LogP contribution in [0.2, 0.25) is 5.02 Å². The maximum Gasteiger partial charge on any atom is 0.363 e. The molecule has 3 aromatic rings. The van der Waals surface area contributed by atoms with Gasteiger partial charge in [0.15, 0.2) is 17.2 Å². The Morgan fingerprint density at radius 1 is 1.17 bits per heavy atom. The summed E-state index contributed by atoms with van der Waals surface area (Å²) in [5, 5.41) is 2.27. The molecule has 0 fully saturated rings. The Kier molecular flexibility index (Phi) is 5.64. The fraction of sp³-hybridized carbons (Fsp3) is 0.0909. The Hall–Kier alpha value is -3.09. The van der Waals surface area contributed by atoms with E-state index in [9.17, 15) is 4.79 Å². The Bertz CT molecular complexity index is 1090. The third-order valence-electron chi connectivity index (χ3n) is 4.13. The maximum atomic E-state index is 12.2. The SMILES string of the molecule is COc1cc(C=C2N=C(c3cccs3)OC2=O)cc(Cl)c1OCc1ccccc1. The number of carbonyl (C=O) groups is 1. The third-order valence-corrected chi connectivity index (χ3v) is 5.27. The van der Waals surface area contributed by atoms with Crippen molar-refractivity contribution in [3.05, 3.63) is 86.7 Å². The van der Waals surface area contributed by atoms with Crippen LogP contribution in [0, 0.1) is 0 Å². The van der Waals surface area contributed by atoms with E-state index in [1.807, 2.05) is 47.8 Å². The van der Waals surface area contributed by atoms with Crippen molar-refractivity contribution >= 4 is 40.9 Å². The zero-order valence-corrected chi connectivity index (χ0v) is 17.0. The van der Waals surface area contributed by atoms with Crippen LogP contribution in [0.1, 0.15) is 16.0 Å². The molecule has 0 bridgehead atoms. The van der Waals surface area contributed by atoms with E-state index in [2.05, 4.69) is 4.99 Å². The van der Waals surface area contributed by atoms with Crippen molar-refractivity contribution in [2.75, 3.05) is 7.11 Å². The predicted octanol–water partition coefficient (Wildman–Crippen LogP) is 5.33. The minimum absolute atomic E-state index is 0.199. The summed E-state index contributed by atoms with van der Waals surface area (Å²) in [4.78, 5) is 17.2. The zero-order valence-electron chi connectivity index (χ0n) is 15.4. The number of hydrogen-bond donors (Lipinski definition) is 0. The van der Waals surface area contributed by atoms with Gasteiger partial charge < -0.3 is 14.2 Å². The Morgan fingerprint density at radius 2 is 2.00 bits per heavy atom. The number of carbonyl (C=O) groups excluding carboxylic acids is 1. The van der Waals surface area contributed by atoms with Crippen molar-refractivity contribution in [1.29, 1.82) is 0 Å². The molecule has 0 unspecified atom stereocenters. The van der Waals surface area contributed by atoms with Crippen molar-refractivity contribution in [3.8, 4) is 11.5 Å². The quantitative estimate of drug-likeness (QED) is 0.395. The van der Waals surface area contributed by atoms with Gasteiger partial charge in [0, 0.05) is 0 Å². The summed E-state index contributed by atoms with van der Waals surface area (Å²) in [6, 6.07) is 16.9. The number of hydrogen-bond acceptors (Lipinski definition) is 6. The number of nitrogens with zero attached hydrogens (tertiary/aromatic N) is 1. The van der Waals surface area contributed by atoms with E-state index in [1.54, 1.807) is 18.2 Å². The molecule has 0 saturated heterocycles. The highest BCUT2D eigenvalue weighted by Crippen LogP contribution is 2.38. The Morgan fingerprint density at radius 3 is 2.72 bits per heavy atom. The third kappa shape index (κ3) is 4.34. The molecule has 0 amide bonds. The molecule has 0 atom stereocenters. The van der Waals surface area contributed by atoms with Gasteiger partial charge >= 0.3 is 5.97 Å². The van der Waals surface area contributed by atoms with Crippen molar-refractivity contribution in [2.24, 2.45) is 4.99 Å². The van der Waals surface area contributed by atoms with Crippen LogP contribution in [-0.4, -0.2) is 19.0 Å². The number of methoxy groups -OCH3 is 1. The van der Waals surface area contributed by atoms with Crippen LogP contribution in [0.5, 0.6) is 11.5 Å². The molecule has 4 rings (SSSR count). The van der Waals surface area contributed by atoms with E-state index in [1.165, 1.54) is 18.4 Å². The number of rotatable bonds is 6. The first-order valence-corrected chi connectivity index (χ1v) is 10.0. The van der Waals surface area contributed by atoms with E-state index in [0.717, 1.165) is 10.4 Å². The standard InChI is InChI=1S/C22H16ClNO4S/c1-26-18-12-15(10-16(23)20(18)27-13-14-6-3-2-4-7-14)11-17-22(25)28-21(24-17)19-8-5-9-29-19/h2-12H,13H2,1H3. The monoisotopic (exact) mass is 425 g/mol. The van der Waals surface area contributed by atoms with Gasteiger partial charge in [0.1, 0.15) is 6.61 Å². The van der Waals surface area contributed by atoms with Crippen molar-refractivity contribution in [3.63, 3.8) is 0 Å². The number of halogens is 1. The first-order chi connectivity index (χ1) is 14.1. The molecular formula is C22H16ClNO4S. The summed E-state index contributed by atoms with van der Waals surface area (Å²) >= 11 is 7.88. The van der Waals surface area contributed by atoms with Crippen LogP contribution in [0.15, 0.2) is 70.7 Å². The molecule has 5 nitrogen and oxygen atoms in total. The van der Waals surface area contributed by atoms with Crippen LogP contribution in [0.3, 0.4) is 0 Å². The average Bonchev–Trinajstić information content (AvgIpc) is 3.38. The zero-order chi connectivity index (χ0) is 20.2. The minimum Gasteiger partial charge on any atom is -0.493 e. The molecule has 2 heterocycles. The van der Waals surface area contributed by atoms with Crippen molar-refractivity contribution in [1.82, 2.24) is 0 Å². The fourth-order valence-corrected chi connectivity index (χ4v) is 3.69. The Balaban J connectivity index is 1.59. The van der Waals surface area contributed by atoms with E-state index < -0.39 is 5.97 Å². The highest BCUT2D eigenvalue weighted by Gasteiger charge is 2.25. The highest BCUT2D eigenvalue weighted by atomic mass is 35.5. The topological polar surface area (TPSA) is 57.1 Å². The Labute approximate surface area is 176 Å². The number of thiophene rings is 1. The van der Waals surface area contributed by atoms with Gasteiger partial charge in [-0.25, -0.2) is 9.79 Å². The van der Waals surface area contributed by atoms with Gasteiger partial charge in [0.05, 0.1) is 17.0 Å². The number of esters is 1. The molecule has 1 aromatic heterocycles. The number of aliphatic imine (C=N–C) groups is 1. The molecule has 1 aliphatic rings. The maximum absolute atomic E-state index is 12.2. The first kappa shape index (κ1) is 19.2. The molecule has 0 spiro atoms. The van der Waals surface area contributed by atoms with Gasteiger partial charge in [0.2, 0.25) is 5.90 Å². The lowest BCUT2D eigenvalue weighted by molar-refractivity contribution is -0.129. The number of benzene rings is 2. The second-order valence-corrected chi connectivity index (χ2v) is 7.48. The van der Waals surface area contributed by atoms with Crippen LogP contribution < -0.4 is 9.47 Å². The summed E-state index contributed by atoms with van der Waals surface area (Å²) in [5.74, 6) is 0.705. The van der Waals surface area contributed by atoms with Crippen molar-refractivity contribution in [2.45, 2.75) is 6.61 Å². The lowest BCUT2D eigenvalue weighted by atomic mass is 10.1. The van der Waals surface area contributed by atoms with Gasteiger partial charge in [-0.2, -0.15) is 0 Å². The molecule has 0 radical (unpaired) electrons. The van der Waals surface area contributed by atoms with E-state index >= 15 is 0 Å². The molecule has 7 heteroatoms. The smallest absolute Gasteiger partial charge is 0.363 e. The number of ether oxygens (including phenoxy) is 3. The van der Waals surface area contributed by atoms with E-state index in [0.29, 0.717) is 34.6 Å². The van der Waals surface area contributed by atoms with E-state index in [4.69, 9.17) is 25.8 Å². The lowest BCUT2D eigenvalue weighted by Gasteiger charge is -2.13. The van der Waals surface area contributed by atoms with Crippen LogP contribution in [-0.2, 0) is 16.1 Å². The first-order valence-electron chi connectivity index (χ1n) is 8.75. The molecule has 1 aliphatic heterocycles. The average molecular weight is 426 g/mol. The van der Waals surface area contributed by atoms with Gasteiger partial charge in [-0.1, -0.05) is 48.0 Å². The molecule has 29 heavy (non-hydrogen) atoms. The number of cyclic esters (lactones) is 1. The van der Waals surface area contributed by atoms with Gasteiger partial charge in [-0.3, -0.25) is 0 Å².